The van der Waals surface area contributed by atoms with E-state index in [2.05, 4.69) is 0 Å². The Balaban J connectivity index is 2.85. The SMILES string of the molecule is CCc1ccccc1-n1c(C)c(C(=O)O)c(C)cc1=O. The highest BCUT2D eigenvalue weighted by Gasteiger charge is 2.17. The number of nitrogens with zero attached hydrogens (tertiary/aromatic N) is 1. The van der Waals surface area contributed by atoms with Gasteiger partial charge in [-0.05, 0) is 37.5 Å². The van der Waals surface area contributed by atoms with Gasteiger partial charge in [-0.15, -0.1) is 0 Å². The summed E-state index contributed by atoms with van der Waals surface area (Å²) in [5.41, 5.74) is 2.70. The molecule has 1 N–H and O–H groups in total. The van der Waals surface area contributed by atoms with E-state index in [1.54, 1.807) is 13.8 Å². The molecule has 0 saturated carbocycles. The van der Waals surface area contributed by atoms with E-state index in [0.29, 0.717) is 11.3 Å². The summed E-state index contributed by atoms with van der Waals surface area (Å²) in [6.45, 7) is 5.32. The second kappa shape index (κ2) is 5.33. The first kappa shape index (κ1) is 14.1. The zero-order chi connectivity index (χ0) is 14.9. The Morgan fingerprint density at radius 1 is 1.25 bits per heavy atom. The number of carboxylic acids is 1. The molecular weight excluding hydrogens is 254 g/mol. The van der Waals surface area contributed by atoms with E-state index in [0.717, 1.165) is 17.7 Å². The van der Waals surface area contributed by atoms with Crippen molar-refractivity contribution in [2.24, 2.45) is 0 Å². The van der Waals surface area contributed by atoms with E-state index in [9.17, 15) is 14.7 Å². The fourth-order valence-electron chi connectivity index (χ4n) is 2.54. The van der Waals surface area contributed by atoms with Crippen LogP contribution in [0.25, 0.3) is 5.69 Å². The van der Waals surface area contributed by atoms with Gasteiger partial charge >= 0.3 is 5.97 Å². The number of aromatic carboxylic acids is 1. The number of aryl methyl sites for hydroxylation is 2. The standard InChI is InChI=1S/C16H17NO3/c1-4-12-7-5-6-8-13(12)17-11(3)15(16(19)20)10(2)9-14(17)18/h5-9H,4H2,1-3H3,(H,19,20). The summed E-state index contributed by atoms with van der Waals surface area (Å²) in [5, 5.41) is 9.32. The molecule has 2 aromatic rings. The molecular formula is C16H17NO3. The predicted octanol–water partition coefficient (Wildman–Crippen LogP) is 2.71. The average molecular weight is 271 g/mol. The third-order valence-corrected chi connectivity index (χ3v) is 3.48. The first-order chi connectivity index (χ1) is 9.47. The molecule has 0 bridgehead atoms. The molecule has 0 saturated heterocycles. The van der Waals surface area contributed by atoms with Crippen LogP contribution in [0.5, 0.6) is 0 Å². The Hall–Kier alpha value is -2.36. The molecule has 20 heavy (non-hydrogen) atoms. The molecule has 1 aromatic carbocycles. The van der Waals surface area contributed by atoms with Crippen LogP contribution in [0.15, 0.2) is 35.1 Å². The van der Waals surface area contributed by atoms with Gasteiger partial charge in [0.05, 0.1) is 11.3 Å². The van der Waals surface area contributed by atoms with Crippen molar-refractivity contribution in [2.45, 2.75) is 27.2 Å². The highest BCUT2D eigenvalue weighted by atomic mass is 16.4. The van der Waals surface area contributed by atoms with Crippen molar-refractivity contribution < 1.29 is 9.90 Å². The maximum atomic E-state index is 12.3. The first-order valence-corrected chi connectivity index (χ1v) is 6.52. The summed E-state index contributed by atoms with van der Waals surface area (Å²) in [4.78, 5) is 23.7. The van der Waals surface area contributed by atoms with E-state index in [1.165, 1.54) is 10.6 Å². The Bertz CT molecular complexity index is 729. The largest absolute Gasteiger partial charge is 0.478 e. The van der Waals surface area contributed by atoms with Gasteiger partial charge in [0.1, 0.15) is 0 Å². The quantitative estimate of drug-likeness (QED) is 0.933. The molecule has 0 amide bonds. The summed E-state index contributed by atoms with van der Waals surface area (Å²) in [5.74, 6) is -1.01. The van der Waals surface area contributed by atoms with Crippen molar-refractivity contribution in [3.63, 3.8) is 0 Å². The van der Waals surface area contributed by atoms with Crippen molar-refractivity contribution in [1.82, 2.24) is 4.57 Å². The molecule has 0 radical (unpaired) electrons. The molecule has 2 rings (SSSR count). The van der Waals surface area contributed by atoms with E-state index >= 15 is 0 Å². The van der Waals surface area contributed by atoms with Crippen LogP contribution in [0.3, 0.4) is 0 Å². The number of benzene rings is 1. The van der Waals surface area contributed by atoms with Gasteiger partial charge in [-0.3, -0.25) is 9.36 Å². The topological polar surface area (TPSA) is 59.3 Å². The van der Waals surface area contributed by atoms with E-state index in [4.69, 9.17) is 0 Å². The van der Waals surface area contributed by atoms with Gasteiger partial charge in [-0.1, -0.05) is 25.1 Å². The van der Waals surface area contributed by atoms with Crippen LogP contribution in [-0.4, -0.2) is 15.6 Å². The minimum absolute atomic E-state index is 0.190. The zero-order valence-corrected chi connectivity index (χ0v) is 11.8. The van der Waals surface area contributed by atoms with Crippen molar-refractivity contribution in [3.05, 3.63) is 63.1 Å². The lowest BCUT2D eigenvalue weighted by molar-refractivity contribution is 0.0694. The fraction of sp³-hybridized carbons (Fsp3) is 0.250. The number of hydrogen-bond acceptors (Lipinski definition) is 2. The molecule has 0 atom stereocenters. The molecule has 0 spiro atoms. The van der Waals surface area contributed by atoms with Gasteiger partial charge in [-0.2, -0.15) is 0 Å². The van der Waals surface area contributed by atoms with Gasteiger partial charge < -0.3 is 5.11 Å². The lowest BCUT2D eigenvalue weighted by atomic mass is 10.1. The van der Waals surface area contributed by atoms with Crippen LogP contribution in [0.2, 0.25) is 0 Å². The molecule has 0 aliphatic carbocycles. The van der Waals surface area contributed by atoms with Gasteiger partial charge in [-0.25, -0.2) is 4.79 Å². The Kier molecular flexibility index (Phi) is 3.74. The van der Waals surface area contributed by atoms with E-state index < -0.39 is 5.97 Å². The van der Waals surface area contributed by atoms with Crippen LogP contribution in [-0.2, 0) is 6.42 Å². The molecule has 104 valence electrons. The second-order valence-corrected chi connectivity index (χ2v) is 4.75. The van der Waals surface area contributed by atoms with Crippen molar-refractivity contribution in [3.8, 4) is 5.69 Å². The minimum atomic E-state index is -1.01. The number of pyridine rings is 1. The summed E-state index contributed by atoms with van der Waals surface area (Å²) in [7, 11) is 0. The molecule has 4 heteroatoms. The van der Waals surface area contributed by atoms with Crippen LogP contribution >= 0.6 is 0 Å². The summed E-state index contributed by atoms with van der Waals surface area (Å²) in [6, 6.07) is 8.92. The number of rotatable bonds is 3. The lowest BCUT2D eigenvalue weighted by Gasteiger charge is -2.16. The fourth-order valence-corrected chi connectivity index (χ4v) is 2.54. The van der Waals surface area contributed by atoms with Gasteiger partial charge in [0.15, 0.2) is 0 Å². The highest BCUT2D eigenvalue weighted by Crippen LogP contribution is 2.19. The molecule has 0 unspecified atom stereocenters. The maximum Gasteiger partial charge on any atom is 0.337 e. The Morgan fingerprint density at radius 3 is 2.50 bits per heavy atom. The summed E-state index contributed by atoms with van der Waals surface area (Å²) in [6.07, 6.45) is 0.776. The molecule has 0 aliphatic rings. The van der Waals surface area contributed by atoms with Crippen molar-refractivity contribution in [1.29, 1.82) is 0 Å². The first-order valence-electron chi connectivity index (χ1n) is 6.52. The van der Waals surface area contributed by atoms with Gasteiger partial charge in [0, 0.05) is 11.8 Å². The summed E-state index contributed by atoms with van der Waals surface area (Å²) < 4.78 is 1.48. The van der Waals surface area contributed by atoms with Crippen molar-refractivity contribution >= 4 is 5.97 Å². The van der Waals surface area contributed by atoms with E-state index in [-0.39, 0.29) is 11.1 Å². The van der Waals surface area contributed by atoms with Crippen molar-refractivity contribution in [2.75, 3.05) is 0 Å². The molecule has 4 nitrogen and oxygen atoms in total. The minimum Gasteiger partial charge on any atom is -0.478 e. The normalized spacial score (nSPS) is 10.6. The van der Waals surface area contributed by atoms with Crippen LogP contribution in [0.1, 0.15) is 34.1 Å². The average Bonchev–Trinajstić information content (AvgIpc) is 2.38. The highest BCUT2D eigenvalue weighted by molar-refractivity contribution is 5.90. The van der Waals surface area contributed by atoms with Crippen LogP contribution < -0.4 is 5.56 Å². The Morgan fingerprint density at radius 2 is 1.90 bits per heavy atom. The van der Waals surface area contributed by atoms with Crippen LogP contribution in [0, 0.1) is 13.8 Å². The lowest BCUT2D eigenvalue weighted by Crippen LogP contribution is -2.24. The smallest absolute Gasteiger partial charge is 0.337 e. The van der Waals surface area contributed by atoms with Crippen LogP contribution in [0.4, 0.5) is 0 Å². The van der Waals surface area contributed by atoms with E-state index in [1.807, 2.05) is 31.2 Å². The predicted molar refractivity (Wildman–Crippen MR) is 77.9 cm³/mol. The number of para-hydroxylation sites is 1. The number of carbonyl (C=O) groups is 1. The molecule has 1 heterocycles. The second-order valence-electron chi connectivity index (χ2n) is 4.75. The Labute approximate surface area is 117 Å². The van der Waals surface area contributed by atoms with Gasteiger partial charge in [0.25, 0.3) is 5.56 Å². The van der Waals surface area contributed by atoms with Gasteiger partial charge in [0.2, 0.25) is 0 Å². The number of hydrogen-bond donors (Lipinski definition) is 1. The summed E-state index contributed by atoms with van der Waals surface area (Å²) >= 11 is 0. The third kappa shape index (κ3) is 2.25. The molecule has 1 aromatic heterocycles. The number of carboxylic acid groups (broad SMARTS) is 1. The molecule has 0 fully saturated rings. The monoisotopic (exact) mass is 271 g/mol. The zero-order valence-electron chi connectivity index (χ0n) is 11.8. The number of aromatic nitrogens is 1. The third-order valence-electron chi connectivity index (χ3n) is 3.48. The maximum absolute atomic E-state index is 12.3. The molecule has 0 aliphatic heterocycles.